The first kappa shape index (κ1) is 16.1. The Morgan fingerprint density at radius 1 is 1.25 bits per heavy atom. The van der Waals surface area contributed by atoms with Gasteiger partial charge in [0, 0.05) is 6.07 Å². The van der Waals surface area contributed by atoms with Crippen LogP contribution < -0.4 is 14.8 Å². The summed E-state index contributed by atoms with van der Waals surface area (Å²) in [5.74, 6) is -1.58. The number of hydrogen-bond donors (Lipinski definition) is 1. The van der Waals surface area contributed by atoms with E-state index in [1.165, 1.54) is 11.3 Å². The minimum Gasteiger partial charge on any atom is -0.497 e. The molecule has 0 fully saturated rings. The van der Waals surface area contributed by atoms with E-state index in [9.17, 15) is 13.6 Å². The summed E-state index contributed by atoms with van der Waals surface area (Å²) in [6, 6.07) is 8.24. The van der Waals surface area contributed by atoms with Crippen molar-refractivity contribution in [2.24, 2.45) is 0 Å². The number of ether oxygens (including phenoxy) is 2. The Hall–Kier alpha value is -2.74. The molecule has 1 N–H and O–H groups in total. The lowest BCUT2D eigenvalue weighted by atomic mass is 10.3. The maximum atomic E-state index is 13.4. The molecule has 24 heavy (non-hydrogen) atoms. The lowest BCUT2D eigenvalue weighted by molar-refractivity contribution is -0.118. The van der Waals surface area contributed by atoms with Crippen LogP contribution >= 0.6 is 11.3 Å². The van der Waals surface area contributed by atoms with Crippen LogP contribution in [0.2, 0.25) is 0 Å². The molecule has 3 rings (SSSR count). The summed E-state index contributed by atoms with van der Waals surface area (Å²) in [6.07, 6.45) is 0. The number of nitrogens with zero attached hydrogens (tertiary/aromatic N) is 1. The summed E-state index contributed by atoms with van der Waals surface area (Å²) in [5.41, 5.74) is 0.724. The van der Waals surface area contributed by atoms with Crippen molar-refractivity contribution < 1.29 is 23.0 Å². The van der Waals surface area contributed by atoms with Crippen molar-refractivity contribution in [2.75, 3.05) is 19.0 Å². The van der Waals surface area contributed by atoms with E-state index in [0.717, 1.165) is 22.3 Å². The highest BCUT2D eigenvalue weighted by molar-refractivity contribution is 7.22. The van der Waals surface area contributed by atoms with E-state index in [-0.39, 0.29) is 5.75 Å². The lowest BCUT2D eigenvalue weighted by Gasteiger charge is -2.06. The Bertz CT molecular complexity index is 898. The smallest absolute Gasteiger partial charge is 0.264 e. The molecule has 1 amide bonds. The lowest BCUT2D eigenvalue weighted by Crippen LogP contribution is -2.20. The second-order valence-electron chi connectivity index (χ2n) is 4.76. The van der Waals surface area contributed by atoms with Gasteiger partial charge >= 0.3 is 0 Å². The number of thiazole rings is 1. The molecular formula is C16H12F2N2O3S. The van der Waals surface area contributed by atoms with Crippen molar-refractivity contribution in [1.82, 2.24) is 4.98 Å². The van der Waals surface area contributed by atoms with Crippen LogP contribution in [0.4, 0.5) is 13.9 Å². The van der Waals surface area contributed by atoms with Crippen molar-refractivity contribution >= 4 is 32.6 Å². The van der Waals surface area contributed by atoms with E-state index in [4.69, 9.17) is 9.47 Å². The Morgan fingerprint density at radius 3 is 2.83 bits per heavy atom. The van der Waals surface area contributed by atoms with Gasteiger partial charge in [-0.1, -0.05) is 11.3 Å². The van der Waals surface area contributed by atoms with Gasteiger partial charge in [0.15, 0.2) is 23.3 Å². The number of carbonyl (C=O) groups is 1. The summed E-state index contributed by atoms with van der Waals surface area (Å²) in [6.45, 7) is -0.415. The van der Waals surface area contributed by atoms with Crippen molar-refractivity contribution in [3.63, 3.8) is 0 Å². The highest BCUT2D eigenvalue weighted by atomic mass is 32.1. The van der Waals surface area contributed by atoms with E-state index >= 15 is 0 Å². The van der Waals surface area contributed by atoms with Crippen LogP contribution in [0.5, 0.6) is 11.5 Å². The number of halogens is 2. The Balaban J connectivity index is 1.64. The number of methoxy groups -OCH3 is 1. The van der Waals surface area contributed by atoms with Crippen LogP contribution in [0.15, 0.2) is 36.4 Å². The molecule has 1 heterocycles. The van der Waals surface area contributed by atoms with Crippen molar-refractivity contribution in [3.05, 3.63) is 48.0 Å². The summed E-state index contributed by atoms with van der Waals surface area (Å²) in [4.78, 5) is 16.1. The average Bonchev–Trinajstić information content (AvgIpc) is 2.95. The van der Waals surface area contributed by atoms with Gasteiger partial charge in [-0.15, -0.1) is 0 Å². The number of aromatic nitrogens is 1. The zero-order valence-corrected chi connectivity index (χ0v) is 13.3. The first-order chi connectivity index (χ1) is 11.5. The fraction of sp³-hybridized carbons (Fsp3) is 0.125. The van der Waals surface area contributed by atoms with Gasteiger partial charge in [0.05, 0.1) is 17.3 Å². The number of hydrogen-bond acceptors (Lipinski definition) is 5. The number of fused-ring (bicyclic) bond motifs is 1. The summed E-state index contributed by atoms with van der Waals surface area (Å²) >= 11 is 1.28. The molecule has 0 aliphatic rings. The van der Waals surface area contributed by atoms with Crippen LogP contribution in [0.1, 0.15) is 0 Å². The van der Waals surface area contributed by atoms with Gasteiger partial charge in [0.25, 0.3) is 5.91 Å². The number of rotatable bonds is 5. The zero-order chi connectivity index (χ0) is 17.1. The maximum Gasteiger partial charge on any atom is 0.264 e. The van der Waals surface area contributed by atoms with Gasteiger partial charge in [-0.25, -0.2) is 13.8 Å². The highest BCUT2D eigenvalue weighted by Crippen LogP contribution is 2.29. The molecule has 5 nitrogen and oxygen atoms in total. The second kappa shape index (κ2) is 6.79. The molecule has 2 aromatic carbocycles. The number of anilines is 1. The molecule has 0 unspecified atom stereocenters. The standard InChI is InChI=1S/C16H12F2N2O3S/c1-22-10-3-4-12-14(7-10)24-16(19-12)20-15(21)8-23-13-5-2-9(17)6-11(13)18/h2-7H,8H2,1H3,(H,19,20,21). The van der Waals surface area contributed by atoms with Gasteiger partial charge in [0.1, 0.15) is 11.6 Å². The molecule has 0 spiro atoms. The highest BCUT2D eigenvalue weighted by Gasteiger charge is 2.11. The minimum atomic E-state index is -0.866. The van der Waals surface area contributed by atoms with Gasteiger partial charge in [0.2, 0.25) is 0 Å². The normalized spacial score (nSPS) is 10.6. The maximum absolute atomic E-state index is 13.4. The monoisotopic (exact) mass is 350 g/mol. The van der Waals surface area contributed by atoms with E-state index in [1.807, 2.05) is 6.07 Å². The summed E-state index contributed by atoms with van der Waals surface area (Å²) < 4.78 is 37.2. The fourth-order valence-corrected chi connectivity index (χ4v) is 2.89. The van der Waals surface area contributed by atoms with Crippen molar-refractivity contribution in [3.8, 4) is 11.5 Å². The molecule has 0 aliphatic heterocycles. The Labute approximate surface area is 139 Å². The topological polar surface area (TPSA) is 60.5 Å². The third-order valence-corrected chi connectivity index (χ3v) is 4.03. The van der Waals surface area contributed by atoms with Gasteiger partial charge in [-0.3, -0.25) is 10.1 Å². The summed E-state index contributed by atoms with van der Waals surface area (Å²) in [5, 5.41) is 2.97. The number of carbonyl (C=O) groups excluding carboxylic acids is 1. The molecule has 0 saturated heterocycles. The third-order valence-electron chi connectivity index (χ3n) is 3.09. The fourth-order valence-electron chi connectivity index (χ4n) is 1.98. The van der Waals surface area contributed by atoms with Crippen LogP contribution in [-0.4, -0.2) is 24.6 Å². The van der Waals surface area contributed by atoms with Crippen molar-refractivity contribution in [2.45, 2.75) is 0 Å². The first-order valence-corrected chi connectivity index (χ1v) is 7.69. The molecule has 124 valence electrons. The minimum absolute atomic E-state index is 0.194. The molecule has 0 aliphatic carbocycles. The number of benzene rings is 2. The van der Waals surface area contributed by atoms with Gasteiger partial charge < -0.3 is 9.47 Å². The number of amides is 1. The largest absolute Gasteiger partial charge is 0.497 e. The first-order valence-electron chi connectivity index (χ1n) is 6.87. The predicted molar refractivity (Wildman–Crippen MR) is 86.7 cm³/mol. The predicted octanol–water partition coefficient (Wildman–Crippen LogP) is 3.60. The SMILES string of the molecule is COc1ccc2nc(NC(=O)COc3ccc(F)cc3F)sc2c1. The van der Waals surface area contributed by atoms with Crippen LogP contribution in [-0.2, 0) is 4.79 Å². The molecule has 0 bridgehead atoms. The van der Waals surface area contributed by atoms with E-state index in [2.05, 4.69) is 10.3 Å². The molecule has 0 radical (unpaired) electrons. The molecule has 8 heteroatoms. The number of nitrogens with one attached hydrogen (secondary N) is 1. The average molecular weight is 350 g/mol. The van der Waals surface area contributed by atoms with Gasteiger partial charge in [-0.05, 0) is 30.3 Å². The molecule has 3 aromatic rings. The molecule has 0 atom stereocenters. The zero-order valence-electron chi connectivity index (χ0n) is 12.5. The van der Waals surface area contributed by atoms with Gasteiger partial charge in [-0.2, -0.15) is 0 Å². The molecular weight excluding hydrogens is 338 g/mol. The van der Waals surface area contributed by atoms with E-state index in [1.54, 1.807) is 19.2 Å². The van der Waals surface area contributed by atoms with E-state index < -0.39 is 24.1 Å². The quantitative estimate of drug-likeness (QED) is 0.764. The summed E-state index contributed by atoms with van der Waals surface area (Å²) in [7, 11) is 1.57. The van der Waals surface area contributed by atoms with Crippen molar-refractivity contribution in [1.29, 1.82) is 0 Å². The van der Waals surface area contributed by atoms with E-state index in [0.29, 0.717) is 16.9 Å². The van der Waals surface area contributed by atoms with Crippen LogP contribution in [0, 0.1) is 11.6 Å². The third kappa shape index (κ3) is 3.60. The Kier molecular flexibility index (Phi) is 4.57. The molecule has 1 aromatic heterocycles. The second-order valence-corrected chi connectivity index (χ2v) is 5.79. The van der Waals surface area contributed by atoms with Crippen LogP contribution in [0.25, 0.3) is 10.2 Å². The Morgan fingerprint density at radius 2 is 2.08 bits per heavy atom. The van der Waals surface area contributed by atoms with Crippen LogP contribution in [0.3, 0.4) is 0 Å². The molecule has 0 saturated carbocycles.